The van der Waals surface area contributed by atoms with Crippen molar-refractivity contribution in [1.29, 1.82) is 0 Å². The lowest BCUT2D eigenvalue weighted by molar-refractivity contribution is 0.0695. The number of benzene rings is 1. The van der Waals surface area contributed by atoms with Crippen molar-refractivity contribution >= 4 is 11.9 Å². The molecule has 0 unspecified atom stereocenters. The minimum absolute atomic E-state index is 0.371. The topological polar surface area (TPSA) is 58.4 Å². The van der Waals surface area contributed by atoms with Crippen LogP contribution in [0.5, 0.6) is 0 Å². The Morgan fingerprint density at radius 2 is 2.16 bits per heavy atom. The summed E-state index contributed by atoms with van der Waals surface area (Å²) in [5, 5.41) is 9.13. The molecule has 19 heavy (non-hydrogen) atoms. The molecule has 0 aliphatic rings. The molecule has 100 valence electrons. The highest BCUT2D eigenvalue weighted by Crippen LogP contribution is 2.12. The SMILES string of the molecule is CN(CCc1ccccc1C(=O)O)c1nccn1C. The Morgan fingerprint density at radius 1 is 1.42 bits per heavy atom. The number of nitrogens with zero attached hydrogens (tertiary/aromatic N) is 3. The van der Waals surface area contributed by atoms with Gasteiger partial charge in [-0.15, -0.1) is 0 Å². The number of aromatic carboxylic acids is 1. The largest absolute Gasteiger partial charge is 0.478 e. The minimum Gasteiger partial charge on any atom is -0.478 e. The number of imidazole rings is 1. The van der Waals surface area contributed by atoms with Crippen LogP contribution in [0.4, 0.5) is 5.95 Å². The molecule has 0 fully saturated rings. The molecule has 0 spiro atoms. The van der Waals surface area contributed by atoms with E-state index in [-0.39, 0.29) is 0 Å². The first-order chi connectivity index (χ1) is 9.09. The van der Waals surface area contributed by atoms with Gasteiger partial charge in [-0.05, 0) is 18.1 Å². The summed E-state index contributed by atoms with van der Waals surface area (Å²) < 4.78 is 1.93. The van der Waals surface area contributed by atoms with Gasteiger partial charge in [-0.25, -0.2) is 9.78 Å². The number of likely N-dealkylation sites (N-methyl/N-ethyl adjacent to an activating group) is 1. The number of rotatable bonds is 5. The zero-order valence-electron chi connectivity index (χ0n) is 11.1. The minimum atomic E-state index is -0.879. The number of carboxylic acids is 1. The Balaban J connectivity index is 2.07. The fourth-order valence-corrected chi connectivity index (χ4v) is 2.06. The Kier molecular flexibility index (Phi) is 3.85. The fourth-order valence-electron chi connectivity index (χ4n) is 2.06. The van der Waals surface area contributed by atoms with Gasteiger partial charge < -0.3 is 14.6 Å². The van der Waals surface area contributed by atoms with E-state index in [0.29, 0.717) is 12.0 Å². The number of aryl methyl sites for hydroxylation is 1. The molecule has 1 N–H and O–H groups in total. The lowest BCUT2D eigenvalue weighted by Crippen LogP contribution is -2.23. The first-order valence-electron chi connectivity index (χ1n) is 6.09. The van der Waals surface area contributed by atoms with Gasteiger partial charge in [0.2, 0.25) is 5.95 Å². The standard InChI is InChI=1S/C14H17N3O2/c1-16(14-15-8-10-17(14)2)9-7-11-5-3-4-6-12(11)13(18)19/h3-6,8,10H,7,9H2,1-2H3,(H,18,19). The van der Waals surface area contributed by atoms with Crippen molar-refractivity contribution in [2.24, 2.45) is 7.05 Å². The summed E-state index contributed by atoms with van der Waals surface area (Å²) >= 11 is 0. The number of anilines is 1. The smallest absolute Gasteiger partial charge is 0.335 e. The summed E-state index contributed by atoms with van der Waals surface area (Å²) in [6.07, 6.45) is 4.31. The van der Waals surface area contributed by atoms with E-state index in [1.54, 1.807) is 18.3 Å². The van der Waals surface area contributed by atoms with E-state index in [9.17, 15) is 4.79 Å². The van der Waals surface area contributed by atoms with E-state index < -0.39 is 5.97 Å². The fraction of sp³-hybridized carbons (Fsp3) is 0.286. The molecule has 0 saturated carbocycles. The lowest BCUT2D eigenvalue weighted by atomic mass is 10.0. The van der Waals surface area contributed by atoms with Gasteiger partial charge in [0.25, 0.3) is 0 Å². The summed E-state index contributed by atoms with van der Waals surface area (Å²) in [7, 11) is 3.88. The average molecular weight is 259 g/mol. The maximum Gasteiger partial charge on any atom is 0.335 e. The number of carbonyl (C=O) groups is 1. The van der Waals surface area contributed by atoms with Crippen molar-refractivity contribution in [2.75, 3.05) is 18.5 Å². The molecule has 5 nitrogen and oxygen atoms in total. The molecule has 0 amide bonds. The molecule has 2 aromatic rings. The van der Waals surface area contributed by atoms with Crippen molar-refractivity contribution < 1.29 is 9.90 Å². The van der Waals surface area contributed by atoms with E-state index in [1.165, 1.54) is 0 Å². The van der Waals surface area contributed by atoms with Crippen LogP contribution in [0.25, 0.3) is 0 Å². The predicted molar refractivity (Wildman–Crippen MR) is 73.6 cm³/mol. The number of aromatic nitrogens is 2. The third kappa shape index (κ3) is 2.93. The highest BCUT2D eigenvalue weighted by Gasteiger charge is 2.11. The Morgan fingerprint density at radius 3 is 2.79 bits per heavy atom. The number of hydrogen-bond donors (Lipinski definition) is 1. The van der Waals surface area contributed by atoms with Gasteiger partial charge in [-0.3, -0.25) is 0 Å². The van der Waals surface area contributed by atoms with Crippen molar-refractivity contribution in [3.8, 4) is 0 Å². The maximum atomic E-state index is 11.1. The number of carboxylic acid groups (broad SMARTS) is 1. The highest BCUT2D eigenvalue weighted by atomic mass is 16.4. The lowest BCUT2D eigenvalue weighted by Gasteiger charge is -2.18. The van der Waals surface area contributed by atoms with Crippen LogP contribution < -0.4 is 4.90 Å². The van der Waals surface area contributed by atoms with Gasteiger partial charge in [0, 0.05) is 33.0 Å². The molecular formula is C14H17N3O2. The van der Waals surface area contributed by atoms with Gasteiger partial charge >= 0.3 is 5.97 Å². The van der Waals surface area contributed by atoms with Crippen LogP contribution in [0.15, 0.2) is 36.7 Å². The molecule has 2 rings (SSSR count). The second-order valence-electron chi connectivity index (χ2n) is 4.47. The van der Waals surface area contributed by atoms with Crippen molar-refractivity contribution in [3.05, 3.63) is 47.8 Å². The van der Waals surface area contributed by atoms with Crippen LogP contribution in [-0.2, 0) is 13.5 Å². The molecule has 0 aliphatic heterocycles. The number of hydrogen-bond acceptors (Lipinski definition) is 3. The summed E-state index contributed by atoms with van der Waals surface area (Å²) in [5.41, 5.74) is 1.21. The maximum absolute atomic E-state index is 11.1. The molecule has 1 heterocycles. The van der Waals surface area contributed by atoms with Crippen LogP contribution in [0.3, 0.4) is 0 Å². The predicted octanol–water partition coefficient (Wildman–Crippen LogP) is 1.80. The molecular weight excluding hydrogens is 242 g/mol. The molecule has 1 aromatic carbocycles. The van der Waals surface area contributed by atoms with Gasteiger partial charge in [0.15, 0.2) is 0 Å². The van der Waals surface area contributed by atoms with E-state index in [4.69, 9.17) is 5.11 Å². The Labute approximate surface area is 112 Å². The van der Waals surface area contributed by atoms with E-state index in [0.717, 1.165) is 18.1 Å². The van der Waals surface area contributed by atoms with Crippen molar-refractivity contribution in [2.45, 2.75) is 6.42 Å². The summed E-state index contributed by atoms with van der Waals surface area (Å²) in [5.74, 6) is -0.0111. The molecule has 5 heteroatoms. The zero-order chi connectivity index (χ0) is 13.8. The van der Waals surface area contributed by atoms with Crippen molar-refractivity contribution in [1.82, 2.24) is 9.55 Å². The molecule has 0 atom stereocenters. The zero-order valence-corrected chi connectivity index (χ0v) is 11.1. The first kappa shape index (κ1) is 13.1. The van der Waals surface area contributed by atoms with E-state index >= 15 is 0 Å². The van der Waals surface area contributed by atoms with E-state index in [2.05, 4.69) is 4.98 Å². The third-order valence-corrected chi connectivity index (χ3v) is 3.10. The second-order valence-corrected chi connectivity index (χ2v) is 4.47. The van der Waals surface area contributed by atoms with Crippen LogP contribution in [0.1, 0.15) is 15.9 Å². The molecule has 0 saturated heterocycles. The monoisotopic (exact) mass is 259 g/mol. The van der Waals surface area contributed by atoms with Gasteiger partial charge in [-0.1, -0.05) is 18.2 Å². The summed E-state index contributed by atoms with van der Waals surface area (Å²) in [6.45, 7) is 0.717. The van der Waals surface area contributed by atoms with Crippen LogP contribution >= 0.6 is 0 Å². The van der Waals surface area contributed by atoms with Crippen LogP contribution in [0, 0.1) is 0 Å². The normalized spacial score (nSPS) is 10.4. The molecule has 0 aliphatic carbocycles. The van der Waals surface area contributed by atoms with Crippen molar-refractivity contribution in [3.63, 3.8) is 0 Å². The molecule has 1 aromatic heterocycles. The van der Waals surface area contributed by atoms with Gasteiger partial charge in [-0.2, -0.15) is 0 Å². The van der Waals surface area contributed by atoms with Gasteiger partial charge in [0.05, 0.1) is 5.56 Å². The Hall–Kier alpha value is -2.30. The molecule has 0 bridgehead atoms. The first-order valence-corrected chi connectivity index (χ1v) is 6.09. The highest BCUT2D eigenvalue weighted by molar-refractivity contribution is 5.89. The molecule has 0 radical (unpaired) electrons. The summed E-state index contributed by atoms with van der Waals surface area (Å²) in [4.78, 5) is 17.4. The Bertz CT molecular complexity index is 578. The van der Waals surface area contributed by atoms with Gasteiger partial charge in [0.1, 0.15) is 0 Å². The average Bonchev–Trinajstić information content (AvgIpc) is 2.82. The third-order valence-electron chi connectivity index (χ3n) is 3.10. The second kappa shape index (κ2) is 5.56. The van der Waals surface area contributed by atoms with E-state index in [1.807, 2.05) is 41.9 Å². The summed E-state index contributed by atoms with van der Waals surface area (Å²) in [6, 6.07) is 7.10. The van der Waals surface area contributed by atoms with Crippen LogP contribution in [-0.4, -0.2) is 34.2 Å². The van der Waals surface area contributed by atoms with Crippen LogP contribution in [0.2, 0.25) is 0 Å². The quantitative estimate of drug-likeness (QED) is 0.889.